The summed E-state index contributed by atoms with van der Waals surface area (Å²) < 4.78 is 5.43. The Hall–Kier alpha value is 0.0843. The SMILES string of the molecule is CC(C)(C)OC(=O)N1[CH-]CCC1[Si](C)(C)C.[Li+]. The summed E-state index contributed by atoms with van der Waals surface area (Å²) >= 11 is 0. The fraction of sp³-hybridized carbons (Fsp3) is 0.833. The molecule has 1 saturated heterocycles. The average Bonchev–Trinajstić information content (AvgIpc) is 2.45. The zero-order valence-corrected chi connectivity index (χ0v) is 13.3. The fourth-order valence-electron chi connectivity index (χ4n) is 2.00. The van der Waals surface area contributed by atoms with Gasteiger partial charge in [-0.15, -0.1) is 0 Å². The number of hydrogen-bond donors (Lipinski definition) is 0. The normalized spacial score (nSPS) is 21.1. The summed E-state index contributed by atoms with van der Waals surface area (Å²) in [6, 6.07) is 0. The van der Waals surface area contributed by atoms with Crippen molar-refractivity contribution in [2.45, 2.75) is 64.5 Å². The van der Waals surface area contributed by atoms with Crippen molar-refractivity contribution in [2.24, 2.45) is 0 Å². The maximum atomic E-state index is 12.0. The van der Waals surface area contributed by atoms with Crippen LogP contribution in [0.1, 0.15) is 33.6 Å². The zero-order chi connectivity index (χ0) is 12.6. The van der Waals surface area contributed by atoms with Crippen LogP contribution >= 0.6 is 0 Å². The van der Waals surface area contributed by atoms with Gasteiger partial charge in [-0.05, 0) is 26.4 Å². The number of carbonyl (C=O) groups excluding carboxylic acids is 1. The van der Waals surface area contributed by atoms with Crippen LogP contribution in [0, 0.1) is 6.54 Å². The van der Waals surface area contributed by atoms with Gasteiger partial charge in [-0.1, -0.05) is 26.1 Å². The molecule has 17 heavy (non-hydrogen) atoms. The number of amides is 1. The molecule has 0 N–H and O–H groups in total. The first-order valence-corrected chi connectivity index (χ1v) is 9.53. The maximum Gasteiger partial charge on any atom is 1.00 e. The van der Waals surface area contributed by atoms with E-state index < -0.39 is 13.7 Å². The summed E-state index contributed by atoms with van der Waals surface area (Å²) in [5.41, 5.74) is -0.0142. The molecule has 1 heterocycles. The van der Waals surface area contributed by atoms with Gasteiger partial charge in [0, 0.05) is 0 Å². The third kappa shape index (κ3) is 5.07. The van der Waals surface area contributed by atoms with Crippen LogP contribution in [-0.2, 0) is 4.74 Å². The predicted octanol–water partition coefficient (Wildman–Crippen LogP) is 0.429. The van der Waals surface area contributed by atoms with Crippen LogP contribution in [0.4, 0.5) is 4.79 Å². The molecule has 0 aliphatic carbocycles. The van der Waals surface area contributed by atoms with E-state index >= 15 is 0 Å². The molecule has 0 saturated carbocycles. The molecule has 1 amide bonds. The van der Waals surface area contributed by atoms with Crippen LogP contribution in [-0.4, -0.2) is 30.3 Å². The minimum atomic E-state index is -1.33. The van der Waals surface area contributed by atoms with Crippen molar-refractivity contribution in [2.75, 3.05) is 0 Å². The molecular weight excluding hydrogens is 225 g/mol. The van der Waals surface area contributed by atoms with Gasteiger partial charge in [-0.3, -0.25) is 0 Å². The quantitative estimate of drug-likeness (QED) is 0.498. The summed E-state index contributed by atoms with van der Waals surface area (Å²) in [5.74, 6) is 0. The molecule has 1 aliphatic heterocycles. The number of hydrogen-bond acceptors (Lipinski definition) is 2. The van der Waals surface area contributed by atoms with E-state index in [4.69, 9.17) is 4.74 Å². The average molecular weight is 249 g/mol. The Bertz CT molecular complexity index is 271. The second-order valence-electron chi connectivity index (χ2n) is 6.53. The molecule has 1 rings (SSSR count). The number of carbonyl (C=O) groups is 1. The Kier molecular flexibility index (Phi) is 5.85. The van der Waals surface area contributed by atoms with E-state index in [0.717, 1.165) is 12.8 Å². The molecule has 0 aromatic carbocycles. The summed E-state index contributed by atoms with van der Waals surface area (Å²) in [6.45, 7) is 14.6. The van der Waals surface area contributed by atoms with E-state index in [-0.39, 0.29) is 25.0 Å². The second kappa shape index (κ2) is 5.82. The minimum Gasteiger partial charge on any atom is -0.458 e. The largest absolute Gasteiger partial charge is 1.00 e. The molecule has 0 radical (unpaired) electrons. The van der Waals surface area contributed by atoms with Crippen molar-refractivity contribution in [3.63, 3.8) is 0 Å². The fourth-order valence-corrected chi connectivity index (χ4v) is 4.08. The Morgan fingerprint density at radius 1 is 1.35 bits per heavy atom. The molecule has 3 nitrogen and oxygen atoms in total. The van der Waals surface area contributed by atoms with Gasteiger partial charge in [-0.2, -0.15) is 6.42 Å². The maximum absolute atomic E-state index is 12.0. The molecule has 1 aliphatic rings. The van der Waals surface area contributed by atoms with Gasteiger partial charge < -0.3 is 9.64 Å². The third-order valence-electron chi connectivity index (χ3n) is 2.71. The van der Waals surface area contributed by atoms with E-state index in [2.05, 4.69) is 19.6 Å². The molecule has 1 unspecified atom stereocenters. The Morgan fingerprint density at radius 3 is 2.29 bits per heavy atom. The van der Waals surface area contributed by atoms with Gasteiger partial charge in [0.05, 0.1) is 8.07 Å². The van der Waals surface area contributed by atoms with Gasteiger partial charge >= 0.3 is 25.0 Å². The molecule has 94 valence electrons. The van der Waals surface area contributed by atoms with Crippen LogP contribution < -0.4 is 18.9 Å². The van der Waals surface area contributed by atoms with E-state index in [1.807, 2.05) is 32.2 Å². The molecular formula is C12H24LiNO2Si. The van der Waals surface area contributed by atoms with Gasteiger partial charge in [0.25, 0.3) is 0 Å². The molecule has 1 fully saturated rings. The summed E-state index contributed by atoms with van der Waals surface area (Å²) in [4.78, 5) is 13.8. The van der Waals surface area contributed by atoms with Crippen LogP contribution in [0.2, 0.25) is 19.6 Å². The van der Waals surface area contributed by atoms with Gasteiger partial charge in [-0.25, -0.2) is 11.3 Å². The van der Waals surface area contributed by atoms with Gasteiger partial charge in [0.1, 0.15) is 5.60 Å². The molecule has 0 aromatic rings. The van der Waals surface area contributed by atoms with Gasteiger partial charge in [0.15, 0.2) is 0 Å². The van der Waals surface area contributed by atoms with Crippen molar-refractivity contribution in [3.8, 4) is 0 Å². The monoisotopic (exact) mass is 249 g/mol. The number of nitrogens with zero attached hydrogens (tertiary/aromatic N) is 1. The molecule has 5 heteroatoms. The van der Waals surface area contributed by atoms with E-state index in [1.165, 1.54) is 0 Å². The Morgan fingerprint density at radius 2 is 1.88 bits per heavy atom. The second-order valence-corrected chi connectivity index (χ2v) is 11.9. The molecule has 0 spiro atoms. The van der Waals surface area contributed by atoms with Crippen LogP contribution in [0.25, 0.3) is 0 Å². The molecule has 0 aromatic heterocycles. The topological polar surface area (TPSA) is 29.5 Å². The zero-order valence-electron chi connectivity index (χ0n) is 12.3. The van der Waals surface area contributed by atoms with Crippen molar-refractivity contribution in [1.82, 2.24) is 4.90 Å². The molecule has 0 bridgehead atoms. The number of rotatable bonds is 1. The van der Waals surface area contributed by atoms with E-state index in [1.54, 1.807) is 0 Å². The summed E-state index contributed by atoms with van der Waals surface area (Å²) in [7, 11) is -1.33. The van der Waals surface area contributed by atoms with Crippen molar-refractivity contribution in [3.05, 3.63) is 6.54 Å². The standard InChI is InChI=1S/C12H24NO2Si.Li/c1-12(2,3)15-11(14)13-9-7-8-10(13)16(4,5)6;/h9-10H,7-8H2,1-6H3;/q-1;+1. The van der Waals surface area contributed by atoms with E-state index in [9.17, 15) is 4.79 Å². The summed E-state index contributed by atoms with van der Waals surface area (Å²) in [6.07, 6.45) is 1.90. The van der Waals surface area contributed by atoms with Crippen molar-refractivity contribution >= 4 is 14.2 Å². The first-order valence-electron chi connectivity index (χ1n) is 5.96. The first-order chi connectivity index (χ1) is 7.11. The van der Waals surface area contributed by atoms with Gasteiger partial charge in [0.2, 0.25) is 0 Å². The van der Waals surface area contributed by atoms with Crippen molar-refractivity contribution in [1.29, 1.82) is 0 Å². The van der Waals surface area contributed by atoms with Crippen LogP contribution in [0.5, 0.6) is 0 Å². The van der Waals surface area contributed by atoms with E-state index in [0.29, 0.717) is 5.67 Å². The smallest absolute Gasteiger partial charge is 0.458 e. The Labute approximate surface area is 118 Å². The number of ether oxygens (including phenoxy) is 1. The van der Waals surface area contributed by atoms with Crippen LogP contribution in [0.15, 0.2) is 0 Å². The summed E-state index contributed by atoms with van der Waals surface area (Å²) in [5, 5.41) is 0. The van der Waals surface area contributed by atoms with Crippen LogP contribution in [0.3, 0.4) is 0 Å². The van der Waals surface area contributed by atoms with Crippen molar-refractivity contribution < 1.29 is 28.4 Å². The molecule has 1 atom stereocenters. The third-order valence-corrected chi connectivity index (χ3v) is 5.27. The minimum absolute atomic E-state index is 0. The Balaban J connectivity index is 0.00000256. The number of likely N-dealkylation sites (tertiary alicyclic amines) is 1. The predicted molar refractivity (Wildman–Crippen MR) is 68.7 cm³/mol. The first kappa shape index (κ1) is 17.1.